The van der Waals surface area contributed by atoms with E-state index < -0.39 is 0 Å². The van der Waals surface area contributed by atoms with Crippen LogP contribution in [0.15, 0.2) is 24.4 Å². The van der Waals surface area contributed by atoms with Crippen LogP contribution >= 0.6 is 0 Å². The van der Waals surface area contributed by atoms with E-state index in [1.54, 1.807) is 0 Å². The van der Waals surface area contributed by atoms with Gasteiger partial charge in [-0.2, -0.15) is 0 Å². The van der Waals surface area contributed by atoms with Crippen LogP contribution in [0.1, 0.15) is 30.3 Å². The first-order chi connectivity index (χ1) is 8.76. The lowest BCUT2D eigenvalue weighted by Gasteiger charge is -2.07. The Hall–Kier alpha value is -1.97. The van der Waals surface area contributed by atoms with Crippen molar-refractivity contribution in [1.29, 1.82) is 0 Å². The van der Waals surface area contributed by atoms with Crippen molar-refractivity contribution in [2.75, 3.05) is 12.4 Å². The number of pyridine rings is 1. The zero-order valence-electron chi connectivity index (χ0n) is 10.6. The van der Waals surface area contributed by atoms with Crippen molar-refractivity contribution < 1.29 is 0 Å². The van der Waals surface area contributed by atoms with Crippen LogP contribution < -0.4 is 5.32 Å². The molecule has 1 aliphatic carbocycles. The molecule has 3 rings (SSSR count). The molecule has 92 valence electrons. The standard InChI is InChI=1S/C14H16N4/c1-9-7-11(5-6-16-9)12-8-13(15-2)18-14(17-12)10-3-4-10/h5-8,10H,3-4H2,1-2H3,(H,15,17,18). The van der Waals surface area contributed by atoms with E-state index in [-0.39, 0.29) is 0 Å². The van der Waals surface area contributed by atoms with Crippen LogP contribution in [0, 0.1) is 6.92 Å². The lowest BCUT2D eigenvalue weighted by atomic mass is 10.1. The summed E-state index contributed by atoms with van der Waals surface area (Å²) in [6.07, 6.45) is 4.24. The van der Waals surface area contributed by atoms with Gasteiger partial charge in [-0.1, -0.05) is 0 Å². The average Bonchev–Trinajstić information content (AvgIpc) is 3.22. The summed E-state index contributed by atoms with van der Waals surface area (Å²) in [7, 11) is 1.89. The topological polar surface area (TPSA) is 50.7 Å². The number of hydrogen-bond donors (Lipinski definition) is 1. The van der Waals surface area contributed by atoms with Gasteiger partial charge in [-0.15, -0.1) is 0 Å². The van der Waals surface area contributed by atoms with Gasteiger partial charge in [-0.3, -0.25) is 4.98 Å². The van der Waals surface area contributed by atoms with Gasteiger partial charge in [-0.05, 0) is 31.9 Å². The van der Waals surface area contributed by atoms with E-state index in [0.717, 1.165) is 28.6 Å². The van der Waals surface area contributed by atoms with Crippen LogP contribution in [0.25, 0.3) is 11.3 Å². The number of anilines is 1. The van der Waals surface area contributed by atoms with Crippen molar-refractivity contribution in [2.45, 2.75) is 25.7 Å². The minimum atomic E-state index is 0.556. The zero-order valence-corrected chi connectivity index (χ0v) is 10.6. The van der Waals surface area contributed by atoms with Crippen molar-refractivity contribution in [3.05, 3.63) is 35.9 Å². The predicted octanol–water partition coefficient (Wildman–Crippen LogP) is 2.77. The molecule has 1 fully saturated rings. The normalized spacial score (nSPS) is 14.6. The molecule has 0 amide bonds. The van der Waals surface area contributed by atoms with E-state index in [2.05, 4.69) is 26.3 Å². The fourth-order valence-electron chi connectivity index (χ4n) is 1.97. The van der Waals surface area contributed by atoms with E-state index in [9.17, 15) is 0 Å². The first-order valence-electron chi connectivity index (χ1n) is 6.26. The molecule has 0 spiro atoms. The third-order valence-electron chi connectivity index (χ3n) is 3.13. The van der Waals surface area contributed by atoms with Crippen molar-refractivity contribution in [2.24, 2.45) is 0 Å². The van der Waals surface area contributed by atoms with Crippen LogP contribution in [-0.2, 0) is 0 Å². The molecule has 0 atom stereocenters. The Morgan fingerprint density at radius 2 is 2.06 bits per heavy atom. The molecule has 2 aromatic heterocycles. The molecule has 2 aromatic rings. The lowest BCUT2D eigenvalue weighted by Crippen LogP contribution is -2.00. The highest BCUT2D eigenvalue weighted by Crippen LogP contribution is 2.39. The fraction of sp³-hybridized carbons (Fsp3) is 0.357. The van der Waals surface area contributed by atoms with E-state index in [0.29, 0.717) is 5.92 Å². The first-order valence-corrected chi connectivity index (χ1v) is 6.26. The van der Waals surface area contributed by atoms with E-state index in [4.69, 9.17) is 0 Å². The highest BCUT2D eigenvalue weighted by Gasteiger charge is 2.27. The number of hydrogen-bond acceptors (Lipinski definition) is 4. The van der Waals surface area contributed by atoms with Gasteiger partial charge in [0.15, 0.2) is 0 Å². The summed E-state index contributed by atoms with van der Waals surface area (Å²) in [4.78, 5) is 13.4. The fourth-order valence-corrected chi connectivity index (χ4v) is 1.97. The second-order valence-corrected chi connectivity index (χ2v) is 4.71. The molecule has 0 aliphatic heterocycles. The van der Waals surface area contributed by atoms with Gasteiger partial charge in [-0.25, -0.2) is 9.97 Å². The molecule has 1 aliphatic rings. The molecule has 18 heavy (non-hydrogen) atoms. The molecule has 0 aromatic carbocycles. The highest BCUT2D eigenvalue weighted by atomic mass is 15.0. The Bertz CT molecular complexity index is 576. The zero-order chi connectivity index (χ0) is 12.5. The summed E-state index contributed by atoms with van der Waals surface area (Å²) >= 11 is 0. The molecule has 1 N–H and O–H groups in total. The van der Waals surface area contributed by atoms with Crippen molar-refractivity contribution >= 4 is 5.82 Å². The van der Waals surface area contributed by atoms with Gasteiger partial charge in [0, 0.05) is 36.5 Å². The van der Waals surface area contributed by atoms with Gasteiger partial charge < -0.3 is 5.32 Å². The lowest BCUT2D eigenvalue weighted by molar-refractivity contribution is 0.932. The van der Waals surface area contributed by atoms with Crippen LogP contribution in [0.3, 0.4) is 0 Å². The molecule has 4 heteroatoms. The number of nitrogens with zero attached hydrogens (tertiary/aromatic N) is 3. The van der Waals surface area contributed by atoms with Gasteiger partial charge in [0.1, 0.15) is 11.6 Å². The largest absolute Gasteiger partial charge is 0.373 e. The van der Waals surface area contributed by atoms with Crippen LogP contribution in [0.2, 0.25) is 0 Å². The Morgan fingerprint density at radius 1 is 1.22 bits per heavy atom. The highest BCUT2D eigenvalue weighted by molar-refractivity contribution is 5.62. The summed E-state index contributed by atoms with van der Waals surface area (Å²) in [5.74, 6) is 2.41. The number of aryl methyl sites for hydroxylation is 1. The molecular weight excluding hydrogens is 224 g/mol. The van der Waals surface area contributed by atoms with Crippen molar-refractivity contribution in [3.63, 3.8) is 0 Å². The summed E-state index contributed by atoms with van der Waals surface area (Å²) in [5.41, 5.74) is 3.08. The number of rotatable bonds is 3. The smallest absolute Gasteiger partial charge is 0.134 e. The summed E-state index contributed by atoms with van der Waals surface area (Å²) in [6.45, 7) is 1.99. The van der Waals surface area contributed by atoms with E-state index in [1.807, 2.05) is 32.3 Å². The van der Waals surface area contributed by atoms with Crippen molar-refractivity contribution in [3.8, 4) is 11.3 Å². The maximum absolute atomic E-state index is 4.68. The van der Waals surface area contributed by atoms with Crippen molar-refractivity contribution in [1.82, 2.24) is 15.0 Å². The molecular formula is C14H16N4. The quantitative estimate of drug-likeness (QED) is 0.896. The van der Waals surface area contributed by atoms with Gasteiger partial charge >= 0.3 is 0 Å². The third kappa shape index (κ3) is 2.18. The minimum absolute atomic E-state index is 0.556. The van der Waals surface area contributed by atoms with Gasteiger partial charge in [0.25, 0.3) is 0 Å². The monoisotopic (exact) mass is 240 g/mol. The van der Waals surface area contributed by atoms with E-state index >= 15 is 0 Å². The predicted molar refractivity (Wildman–Crippen MR) is 71.5 cm³/mol. The van der Waals surface area contributed by atoms with Gasteiger partial charge in [0.05, 0.1) is 5.69 Å². The molecule has 4 nitrogen and oxygen atoms in total. The minimum Gasteiger partial charge on any atom is -0.373 e. The average molecular weight is 240 g/mol. The van der Waals surface area contributed by atoms with Crippen LogP contribution in [0.5, 0.6) is 0 Å². The molecule has 0 saturated heterocycles. The number of nitrogens with one attached hydrogen (secondary N) is 1. The molecule has 0 unspecified atom stereocenters. The number of aromatic nitrogens is 3. The maximum atomic E-state index is 4.68. The SMILES string of the molecule is CNc1cc(-c2ccnc(C)c2)nc(C2CC2)n1. The summed E-state index contributed by atoms with van der Waals surface area (Å²) in [6, 6.07) is 6.03. The Kier molecular flexibility index (Phi) is 2.70. The third-order valence-corrected chi connectivity index (χ3v) is 3.13. The summed E-state index contributed by atoms with van der Waals surface area (Å²) in [5, 5.41) is 3.11. The van der Waals surface area contributed by atoms with Crippen LogP contribution in [-0.4, -0.2) is 22.0 Å². The van der Waals surface area contributed by atoms with E-state index in [1.165, 1.54) is 12.8 Å². The maximum Gasteiger partial charge on any atom is 0.134 e. The van der Waals surface area contributed by atoms with Crippen LogP contribution in [0.4, 0.5) is 5.82 Å². The molecule has 2 heterocycles. The summed E-state index contributed by atoms with van der Waals surface area (Å²) < 4.78 is 0. The second kappa shape index (κ2) is 4.37. The molecule has 1 saturated carbocycles. The first kappa shape index (κ1) is 11.1. The van der Waals surface area contributed by atoms with Gasteiger partial charge in [0.2, 0.25) is 0 Å². The Morgan fingerprint density at radius 3 is 2.72 bits per heavy atom. The second-order valence-electron chi connectivity index (χ2n) is 4.71. The Labute approximate surface area is 107 Å². The molecule has 0 radical (unpaired) electrons. The Balaban J connectivity index is 2.07. The molecule has 0 bridgehead atoms.